The molecule has 1 aromatic rings. The molecule has 0 aliphatic carbocycles. The van der Waals surface area contributed by atoms with Gasteiger partial charge in [0.25, 0.3) is 0 Å². The van der Waals surface area contributed by atoms with Crippen molar-refractivity contribution in [1.29, 1.82) is 0 Å². The topological polar surface area (TPSA) is 64.3 Å². The molecule has 2 heterocycles. The second-order valence-electron chi connectivity index (χ2n) is 5.80. The van der Waals surface area contributed by atoms with Gasteiger partial charge in [0.1, 0.15) is 12.0 Å². The molecule has 0 aromatic carbocycles. The Labute approximate surface area is 121 Å². The molecule has 0 radical (unpaired) electrons. The molecule has 5 nitrogen and oxygen atoms in total. The Morgan fingerprint density at radius 1 is 1.35 bits per heavy atom. The van der Waals surface area contributed by atoms with Crippen molar-refractivity contribution in [3.63, 3.8) is 0 Å². The smallest absolute Gasteiger partial charge is 0.242 e. The largest absolute Gasteiger partial charge is 0.473 e. The Morgan fingerprint density at radius 3 is 2.65 bits per heavy atom. The molecular formula is C15H26N4O. The SMILES string of the molecule is CCCC1CCN(c2ncnc(OC(C)C)c2N)CC1. The first-order valence-corrected chi connectivity index (χ1v) is 7.63. The number of nitrogens with zero attached hydrogens (tertiary/aromatic N) is 3. The Hall–Kier alpha value is -1.52. The van der Waals surface area contributed by atoms with Crippen molar-refractivity contribution in [3.05, 3.63) is 6.33 Å². The van der Waals surface area contributed by atoms with Crippen LogP contribution in [0, 0.1) is 5.92 Å². The summed E-state index contributed by atoms with van der Waals surface area (Å²) in [5, 5.41) is 0. The molecule has 112 valence electrons. The maximum atomic E-state index is 6.16. The first-order valence-electron chi connectivity index (χ1n) is 7.63. The van der Waals surface area contributed by atoms with Gasteiger partial charge in [-0.25, -0.2) is 4.98 Å². The third kappa shape index (κ3) is 3.52. The van der Waals surface area contributed by atoms with Crippen LogP contribution < -0.4 is 15.4 Å². The van der Waals surface area contributed by atoms with Crippen LogP contribution in [0.25, 0.3) is 0 Å². The number of hydrogen-bond acceptors (Lipinski definition) is 5. The Morgan fingerprint density at radius 2 is 2.05 bits per heavy atom. The average Bonchev–Trinajstić information content (AvgIpc) is 2.42. The van der Waals surface area contributed by atoms with Crippen molar-refractivity contribution in [2.24, 2.45) is 5.92 Å². The predicted molar refractivity (Wildman–Crippen MR) is 82.1 cm³/mol. The monoisotopic (exact) mass is 278 g/mol. The van der Waals surface area contributed by atoms with Gasteiger partial charge in [-0.15, -0.1) is 0 Å². The van der Waals surface area contributed by atoms with E-state index in [0.717, 1.165) is 24.8 Å². The number of hydrogen-bond donors (Lipinski definition) is 1. The zero-order valence-corrected chi connectivity index (χ0v) is 12.8. The Kier molecular flexibility index (Phi) is 5.04. The van der Waals surface area contributed by atoms with Crippen molar-refractivity contribution in [2.45, 2.75) is 52.6 Å². The van der Waals surface area contributed by atoms with Crippen LogP contribution in [0.3, 0.4) is 0 Å². The van der Waals surface area contributed by atoms with Gasteiger partial charge >= 0.3 is 0 Å². The first-order chi connectivity index (χ1) is 9.61. The van der Waals surface area contributed by atoms with Crippen molar-refractivity contribution in [2.75, 3.05) is 23.7 Å². The van der Waals surface area contributed by atoms with Gasteiger partial charge in [0.2, 0.25) is 5.88 Å². The highest BCUT2D eigenvalue weighted by molar-refractivity contribution is 5.67. The summed E-state index contributed by atoms with van der Waals surface area (Å²) in [5.74, 6) is 2.18. The van der Waals surface area contributed by atoms with Crippen LogP contribution >= 0.6 is 0 Å². The molecule has 1 aliphatic heterocycles. The van der Waals surface area contributed by atoms with E-state index in [1.807, 2.05) is 13.8 Å². The highest BCUT2D eigenvalue weighted by Gasteiger charge is 2.22. The molecule has 0 saturated carbocycles. The van der Waals surface area contributed by atoms with E-state index in [2.05, 4.69) is 21.8 Å². The summed E-state index contributed by atoms with van der Waals surface area (Å²) in [5.41, 5.74) is 6.73. The van der Waals surface area contributed by atoms with Crippen molar-refractivity contribution < 1.29 is 4.74 Å². The van der Waals surface area contributed by atoms with Crippen molar-refractivity contribution in [3.8, 4) is 5.88 Å². The fraction of sp³-hybridized carbons (Fsp3) is 0.733. The molecule has 1 saturated heterocycles. The third-order valence-electron chi connectivity index (χ3n) is 3.78. The minimum Gasteiger partial charge on any atom is -0.473 e. The zero-order chi connectivity index (χ0) is 14.5. The van der Waals surface area contributed by atoms with Crippen LogP contribution in [0.15, 0.2) is 6.33 Å². The van der Waals surface area contributed by atoms with Gasteiger partial charge in [-0.3, -0.25) is 0 Å². The van der Waals surface area contributed by atoms with Gasteiger partial charge in [-0.1, -0.05) is 19.8 Å². The first kappa shape index (κ1) is 14.9. The molecular weight excluding hydrogens is 252 g/mol. The second kappa shape index (κ2) is 6.77. The van der Waals surface area contributed by atoms with Crippen molar-refractivity contribution >= 4 is 11.5 Å². The average molecular weight is 278 g/mol. The van der Waals surface area contributed by atoms with Gasteiger partial charge in [-0.2, -0.15) is 4.98 Å². The number of rotatable bonds is 5. The molecule has 5 heteroatoms. The lowest BCUT2D eigenvalue weighted by molar-refractivity contribution is 0.234. The van der Waals surface area contributed by atoms with E-state index in [0.29, 0.717) is 11.6 Å². The van der Waals surface area contributed by atoms with Crippen LogP contribution in [0.5, 0.6) is 5.88 Å². The van der Waals surface area contributed by atoms with Gasteiger partial charge < -0.3 is 15.4 Å². The highest BCUT2D eigenvalue weighted by Crippen LogP contribution is 2.32. The van der Waals surface area contributed by atoms with Crippen LogP contribution in [0.2, 0.25) is 0 Å². The summed E-state index contributed by atoms with van der Waals surface area (Å²) in [7, 11) is 0. The molecule has 0 bridgehead atoms. The Balaban J connectivity index is 2.06. The van der Waals surface area contributed by atoms with E-state index in [4.69, 9.17) is 10.5 Å². The zero-order valence-electron chi connectivity index (χ0n) is 12.8. The third-order valence-corrected chi connectivity index (χ3v) is 3.78. The Bertz CT molecular complexity index is 428. The van der Waals surface area contributed by atoms with Crippen LogP contribution in [-0.4, -0.2) is 29.2 Å². The van der Waals surface area contributed by atoms with Gasteiger partial charge in [0.15, 0.2) is 5.82 Å². The molecule has 2 N–H and O–H groups in total. The normalized spacial score (nSPS) is 16.7. The standard InChI is InChI=1S/C15H26N4O/c1-4-5-12-6-8-19(9-7-12)14-13(16)15(18-10-17-14)20-11(2)3/h10-12H,4-9,16H2,1-3H3. The quantitative estimate of drug-likeness (QED) is 0.897. The maximum absolute atomic E-state index is 6.16. The van der Waals surface area contributed by atoms with Crippen LogP contribution in [0.1, 0.15) is 46.5 Å². The second-order valence-corrected chi connectivity index (χ2v) is 5.80. The molecule has 1 aliphatic rings. The molecule has 20 heavy (non-hydrogen) atoms. The van der Waals surface area contributed by atoms with Gasteiger partial charge in [0.05, 0.1) is 6.10 Å². The van der Waals surface area contributed by atoms with E-state index in [9.17, 15) is 0 Å². The molecule has 1 aromatic heterocycles. The molecule has 0 spiro atoms. The van der Waals surface area contributed by atoms with Crippen LogP contribution in [0.4, 0.5) is 11.5 Å². The molecule has 0 atom stereocenters. The lowest BCUT2D eigenvalue weighted by Crippen LogP contribution is -2.34. The fourth-order valence-electron chi connectivity index (χ4n) is 2.78. The lowest BCUT2D eigenvalue weighted by Gasteiger charge is -2.33. The molecule has 0 amide bonds. The van der Waals surface area contributed by atoms with Gasteiger partial charge in [0, 0.05) is 13.1 Å². The maximum Gasteiger partial charge on any atom is 0.242 e. The summed E-state index contributed by atoms with van der Waals surface area (Å²) >= 11 is 0. The number of piperidine rings is 1. The summed E-state index contributed by atoms with van der Waals surface area (Å²) < 4.78 is 5.63. The number of nitrogen functional groups attached to an aromatic ring is 1. The summed E-state index contributed by atoms with van der Waals surface area (Å²) in [4.78, 5) is 10.7. The molecule has 1 fully saturated rings. The van der Waals surface area contributed by atoms with E-state index >= 15 is 0 Å². The minimum atomic E-state index is 0.0651. The molecule has 2 rings (SSSR count). The van der Waals surface area contributed by atoms with Crippen molar-refractivity contribution in [1.82, 2.24) is 9.97 Å². The summed E-state index contributed by atoms with van der Waals surface area (Å²) in [6, 6.07) is 0. The van der Waals surface area contributed by atoms with E-state index in [-0.39, 0.29) is 6.10 Å². The number of ether oxygens (including phenoxy) is 1. The van der Waals surface area contributed by atoms with E-state index < -0.39 is 0 Å². The number of aromatic nitrogens is 2. The number of nitrogens with two attached hydrogens (primary N) is 1. The van der Waals surface area contributed by atoms with E-state index in [1.54, 1.807) is 6.33 Å². The summed E-state index contributed by atoms with van der Waals surface area (Å²) in [6.45, 7) is 8.24. The predicted octanol–water partition coefficient (Wildman–Crippen LogP) is 2.86. The van der Waals surface area contributed by atoms with Crippen LogP contribution in [-0.2, 0) is 0 Å². The minimum absolute atomic E-state index is 0.0651. The molecule has 0 unspecified atom stereocenters. The van der Waals surface area contributed by atoms with E-state index in [1.165, 1.54) is 25.7 Å². The highest BCUT2D eigenvalue weighted by atomic mass is 16.5. The lowest BCUT2D eigenvalue weighted by atomic mass is 9.92. The summed E-state index contributed by atoms with van der Waals surface area (Å²) in [6.07, 6.45) is 6.65. The van der Waals surface area contributed by atoms with Gasteiger partial charge in [-0.05, 0) is 32.6 Å². The fourth-order valence-corrected chi connectivity index (χ4v) is 2.78. The number of anilines is 2.